The summed E-state index contributed by atoms with van der Waals surface area (Å²) in [5, 5.41) is 0.304. The molecule has 0 saturated carbocycles. The fraction of sp³-hybridized carbons (Fsp3) is 0.500. The molecule has 0 radical (unpaired) electrons. The third kappa shape index (κ3) is 5.73. The third-order valence-electron chi connectivity index (χ3n) is 2.60. The van der Waals surface area contributed by atoms with Crippen LogP contribution < -0.4 is 14.2 Å². The van der Waals surface area contributed by atoms with E-state index in [1.54, 1.807) is 19.9 Å². The van der Waals surface area contributed by atoms with E-state index in [2.05, 4.69) is 9.44 Å². The van der Waals surface area contributed by atoms with Gasteiger partial charge in [-0.05, 0) is 31.5 Å². The van der Waals surface area contributed by atoms with E-state index in [0.29, 0.717) is 17.2 Å². The third-order valence-corrected chi connectivity index (χ3v) is 5.21. The minimum absolute atomic E-state index is 0.0539. The van der Waals surface area contributed by atoms with Crippen molar-refractivity contribution in [2.75, 3.05) is 26.0 Å². The van der Waals surface area contributed by atoms with Gasteiger partial charge in [0.25, 0.3) is 0 Å². The molecule has 0 aliphatic heterocycles. The monoisotopic (exact) mass is 370 g/mol. The Morgan fingerprint density at radius 3 is 2.27 bits per heavy atom. The largest absolute Gasteiger partial charge is 0.492 e. The summed E-state index contributed by atoms with van der Waals surface area (Å²) in [5.41, 5.74) is 0.697. The number of benzene rings is 1. The molecule has 0 heterocycles. The molecule has 1 aromatic rings. The first kappa shape index (κ1) is 19.2. The molecule has 0 atom stereocenters. The zero-order chi connectivity index (χ0) is 17.0. The number of rotatable bonds is 8. The molecule has 0 fully saturated rings. The van der Waals surface area contributed by atoms with Crippen LogP contribution in [-0.4, -0.2) is 42.8 Å². The topological polar surface area (TPSA) is 102 Å². The zero-order valence-corrected chi connectivity index (χ0v) is 14.9. The summed E-state index contributed by atoms with van der Waals surface area (Å²) in [6, 6.07) is 2.86. The van der Waals surface area contributed by atoms with E-state index < -0.39 is 20.0 Å². The van der Waals surface area contributed by atoms with Crippen molar-refractivity contribution in [2.45, 2.75) is 18.7 Å². The van der Waals surface area contributed by atoms with Crippen LogP contribution in [0.4, 0.5) is 0 Å². The molecule has 0 bridgehead atoms. The molecule has 0 amide bonds. The SMILES string of the molecule is CCOc1cc(C)c(Cl)cc1S(=O)(=O)NCCNS(C)(=O)=O. The Bertz CT molecular complexity index is 732. The van der Waals surface area contributed by atoms with Crippen LogP contribution in [0.2, 0.25) is 5.02 Å². The quantitative estimate of drug-likeness (QED) is 0.661. The highest BCUT2D eigenvalue weighted by atomic mass is 35.5. The van der Waals surface area contributed by atoms with Gasteiger partial charge in [-0.3, -0.25) is 0 Å². The molecule has 0 aromatic heterocycles. The first-order valence-electron chi connectivity index (χ1n) is 6.44. The van der Waals surface area contributed by atoms with Gasteiger partial charge in [0.15, 0.2) is 0 Å². The summed E-state index contributed by atoms with van der Waals surface area (Å²) in [4.78, 5) is -0.0793. The molecule has 10 heteroatoms. The minimum atomic E-state index is -3.86. The van der Waals surface area contributed by atoms with E-state index in [0.717, 1.165) is 6.26 Å². The highest BCUT2D eigenvalue weighted by Gasteiger charge is 2.21. The van der Waals surface area contributed by atoms with Crippen LogP contribution in [0.1, 0.15) is 12.5 Å². The molecule has 0 aliphatic rings. The maximum atomic E-state index is 12.3. The Kier molecular flexibility index (Phi) is 6.63. The lowest BCUT2D eigenvalue weighted by Crippen LogP contribution is -2.34. The van der Waals surface area contributed by atoms with Crippen LogP contribution in [0.25, 0.3) is 0 Å². The van der Waals surface area contributed by atoms with Crippen molar-refractivity contribution in [3.05, 3.63) is 22.7 Å². The summed E-state index contributed by atoms with van der Waals surface area (Å²) < 4.78 is 56.2. The molecule has 2 N–H and O–H groups in total. The Labute approximate surface area is 136 Å². The fourth-order valence-corrected chi connectivity index (χ4v) is 3.50. The Hall–Kier alpha value is -0.870. The molecular weight excluding hydrogens is 352 g/mol. The number of hydrogen-bond acceptors (Lipinski definition) is 5. The van der Waals surface area contributed by atoms with Gasteiger partial charge in [0, 0.05) is 18.1 Å². The summed E-state index contributed by atoms with van der Waals surface area (Å²) in [5.74, 6) is 0.202. The molecular formula is C12H19ClN2O5S2. The molecule has 0 spiro atoms. The van der Waals surface area contributed by atoms with Crippen LogP contribution in [0.3, 0.4) is 0 Å². The summed E-state index contributed by atoms with van der Waals surface area (Å²) in [6.07, 6.45) is 0.994. The van der Waals surface area contributed by atoms with E-state index in [9.17, 15) is 16.8 Å². The number of aryl methyl sites for hydroxylation is 1. The lowest BCUT2D eigenvalue weighted by molar-refractivity contribution is 0.330. The predicted octanol–water partition coefficient (Wildman–Crippen LogP) is 0.875. The fourth-order valence-electron chi connectivity index (χ4n) is 1.61. The van der Waals surface area contributed by atoms with Gasteiger partial charge < -0.3 is 4.74 Å². The zero-order valence-electron chi connectivity index (χ0n) is 12.5. The molecule has 126 valence electrons. The highest BCUT2D eigenvalue weighted by molar-refractivity contribution is 7.89. The van der Waals surface area contributed by atoms with E-state index in [1.807, 2.05) is 0 Å². The van der Waals surface area contributed by atoms with Crippen LogP contribution in [0, 0.1) is 6.92 Å². The standard InChI is InChI=1S/C12H19ClN2O5S2/c1-4-20-11-7-9(2)10(13)8-12(11)22(18,19)15-6-5-14-21(3,16)17/h7-8,14-15H,4-6H2,1-3H3. The van der Waals surface area contributed by atoms with Crippen molar-refractivity contribution in [1.29, 1.82) is 0 Å². The van der Waals surface area contributed by atoms with Gasteiger partial charge in [0.05, 0.1) is 12.9 Å². The molecule has 0 unspecified atom stereocenters. The summed E-state index contributed by atoms with van der Waals surface area (Å²) >= 11 is 5.97. The number of nitrogens with one attached hydrogen (secondary N) is 2. The summed E-state index contributed by atoms with van der Waals surface area (Å²) in [6.45, 7) is 3.64. The maximum Gasteiger partial charge on any atom is 0.244 e. The molecule has 1 aromatic carbocycles. The molecule has 0 aliphatic carbocycles. The predicted molar refractivity (Wildman–Crippen MR) is 85.4 cm³/mol. The second-order valence-corrected chi connectivity index (χ2v) is 8.52. The number of ether oxygens (including phenoxy) is 1. The van der Waals surface area contributed by atoms with E-state index in [-0.39, 0.29) is 23.7 Å². The van der Waals surface area contributed by atoms with Crippen LogP contribution in [0.5, 0.6) is 5.75 Å². The molecule has 0 saturated heterocycles. The van der Waals surface area contributed by atoms with Crippen molar-refractivity contribution in [2.24, 2.45) is 0 Å². The normalized spacial score (nSPS) is 12.4. The molecule has 1 rings (SSSR count). The van der Waals surface area contributed by atoms with Crippen molar-refractivity contribution in [1.82, 2.24) is 9.44 Å². The van der Waals surface area contributed by atoms with E-state index in [4.69, 9.17) is 16.3 Å². The summed E-state index contributed by atoms with van der Waals surface area (Å²) in [7, 11) is -7.23. The van der Waals surface area contributed by atoms with Crippen molar-refractivity contribution < 1.29 is 21.6 Å². The van der Waals surface area contributed by atoms with Crippen LogP contribution in [-0.2, 0) is 20.0 Å². The lowest BCUT2D eigenvalue weighted by atomic mass is 10.2. The second kappa shape index (κ2) is 7.60. The smallest absolute Gasteiger partial charge is 0.244 e. The number of hydrogen-bond donors (Lipinski definition) is 2. The van der Waals surface area contributed by atoms with Crippen molar-refractivity contribution in [3.8, 4) is 5.75 Å². The van der Waals surface area contributed by atoms with Gasteiger partial charge in [-0.2, -0.15) is 0 Å². The molecule has 7 nitrogen and oxygen atoms in total. The first-order valence-corrected chi connectivity index (χ1v) is 10.2. The first-order chi connectivity index (χ1) is 10.1. The van der Waals surface area contributed by atoms with E-state index in [1.165, 1.54) is 6.07 Å². The highest BCUT2D eigenvalue weighted by Crippen LogP contribution is 2.30. The Morgan fingerprint density at radius 2 is 1.73 bits per heavy atom. The van der Waals surface area contributed by atoms with Crippen molar-refractivity contribution >= 4 is 31.6 Å². The van der Waals surface area contributed by atoms with Crippen molar-refractivity contribution in [3.63, 3.8) is 0 Å². The number of halogens is 1. The lowest BCUT2D eigenvalue weighted by Gasteiger charge is -2.13. The maximum absolute atomic E-state index is 12.3. The molecule has 22 heavy (non-hydrogen) atoms. The van der Waals surface area contributed by atoms with E-state index >= 15 is 0 Å². The number of sulfonamides is 2. The average Bonchev–Trinajstić information content (AvgIpc) is 2.38. The minimum Gasteiger partial charge on any atom is -0.492 e. The average molecular weight is 371 g/mol. The Balaban J connectivity index is 2.94. The second-order valence-electron chi connectivity index (χ2n) is 4.55. The van der Waals surface area contributed by atoms with Gasteiger partial charge in [-0.15, -0.1) is 0 Å². The van der Waals surface area contributed by atoms with Gasteiger partial charge in [0.2, 0.25) is 20.0 Å². The van der Waals surface area contributed by atoms with Crippen LogP contribution >= 0.6 is 11.6 Å². The van der Waals surface area contributed by atoms with Gasteiger partial charge in [-0.25, -0.2) is 26.3 Å². The van der Waals surface area contributed by atoms with Gasteiger partial charge in [0.1, 0.15) is 10.6 Å². The van der Waals surface area contributed by atoms with Gasteiger partial charge >= 0.3 is 0 Å². The van der Waals surface area contributed by atoms with Gasteiger partial charge in [-0.1, -0.05) is 11.6 Å². The van der Waals surface area contributed by atoms with Crippen LogP contribution in [0.15, 0.2) is 17.0 Å². The Morgan fingerprint density at radius 1 is 1.14 bits per heavy atom.